The predicted octanol–water partition coefficient (Wildman–Crippen LogP) is 1.21. The molecule has 4 nitrogen and oxygen atoms in total. The zero-order chi connectivity index (χ0) is 11.3. The maximum Gasteiger partial charge on any atom is 0.323 e. The van der Waals surface area contributed by atoms with Gasteiger partial charge in [0.25, 0.3) is 0 Å². The van der Waals surface area contributed by atoms with Crippen molar-refractivity contribution in [3.63, 3.8) is 0 Å². The molecule has 1 rings (SSSR count). The van der Waals surface area contributed by atoms with E-state index in [1.807, 2.05) is 4.90 Å². The highest BCUT2D eigenvalue weighted by Gasteiger charge is 2.28. The summed E-state index contributed by atoms with van der Waals surface area (Å²) in [5.74, 6) is -0.0754. The Hall–Kier alpha value is -0.610. The molecule has 1 unspecified atom stereocenters. The van der Waals surface area contributed by atoms with Gasteiger partial charge in [-0.05, 0) is 25.3 Å². The maximum atomic E-state index is 10.9. The van der Waals surface area contributed by atoms with Crippen LogP contribution in [0, 0.1) is 5.92 Å². The van der Waals surface area contributed by atoms with Crippen molar-refractivity contribution in [2.24, 2.45) is 5.92 Å². The molecule has 1 N–H and O–H groups in total. The molecule has 1 atom stereocenters. The second-order valence-corrected chi connectivity index (χ2v) is 4.50. The van der Waals surface area contributed by atoms with E-state index in [1.54, 1.807) is 0 Å². The Bertz CT molecular complexity index is 206. The van der Waals surface area contributed by atoms with Gasteiger partial charge in [-0.2, -0.15) is 0 Å². The van der Waals surface area contributed by atoms with Crippen molar-refractivity contribution < 1.29 is 14.6 Å². The number of hydrogen-bond acceptors (Lipinski definition) is 3. The number of nitrogens with zero attached hydrogens (tertiary/aromatic N) is 1. The quantitative estimate of drug-likeness (QED) is 0.749. The van der Waals surface area contributed by atoms with E-state index in [0.29, 0.717) is 19.1 Å². The molecule has 0 radical (unpaired) electrons. The topological polar surface area (TPSA) is 49.8 Å². The summed E-state index contributed by atoms with van der Waals surface area (Å²) in [7, 11) is 0. The summed E-state index contributed by atoms with van der Waals surface area (Å²) in [5.41, 5.74) is 0. The third-order valence-corrected chi connectivity index (χ3v) is 2.75. The average molecular weight is 215 g/mol. The molecule has 1 aliphatic rings. The van der Waals surface area contributed by atoms with E-state index in [0.717, 1.165) is 25.9 Å². The Labute approximate surface area is 91.2 Å². The molecular weight excluding hydrogens is 194 g/mol. The fourth-order valence-corrected chi connectivity index (χ4v) is 1.84. The van der Waals surface area contributed by atoms with E-state index >= 15 is 0 Å². The number of ether oxygens (including phenoxy) is 1. The number of carbonyl (C=O) groups is 1. The van der Waals surface area contributed by atoms with Gasteiger partial charge in [0.1, 0.15) is 6.04 Å². The summed E-state index contributed by atoms with van der Waals surface area (Å²) in [6.07, 6.45) is 2.23. The average Bonchev–Trinajstić information content (AvgIpc) is 2.17. The van der Waals surface area contributed by atoms with Crippen molar-refractivity contribution in [3.8, 4) is 0 Å². The van der Waals surface area contributed by atoms with Gasteiger partial charge in [-0.1, -0.05) is 13.8 Å². The molecule has 1 saturated heterocycles. The molecule has 4 heteroatoms. The lowest BCUT2D eigenvalue weighted by atomic mass is 10.1. The zero-order valence-corrected chi connectivity index (χ0v) is 9.61. The molecule has 0 spiro atoms. The molecule has 0 bridgehead atoms. The first-order valence-corrected chi connectivity index (χ1v) is 5.66. The number of carboxylic acid groups (broad SMARTS) is 1. The van der Waals surface area contributed by atoms with Crippen LogP contribution in [0.5, 0.6) is 0 Å². The second-order valence-electron chi connectivity index (χ2n) is 4.50. The Morgan fingerprint density at radius 2 is 2.33 bits per heavy atom. The van der Waals surface area contributed by atoms with Gasteiger partial charge in [-0.3, -0.25) is 9.69 Å². The molecule has 15 heavy (non-hydrogen) atoms. The van der Waals surface area contributed by atoms with Crippen molar-refractivity contribution in [3.05, 3.63) is 0 Å². The van der Waals surface area contributed by atoms with Crippen molar-refractivity contribution >= 4 is 5.97 Å². The van der Waals surface area contributed by atoms with Gasteiger partial charge in [-0.25, -0.2) is 0 Å². The van der Waals surface area contributed by atoms with Gasteiger partial charge in [0, 0.05) is 6.54 Å². The lowest BCUT2D eigenvalue weighted by molar-refractivity contribution is -0.149. The minimum absolute atomic E-state index is 0.330. The zero-order valence-electron chi connectivity index (χ0n) is 9.61. The molecule has 0 aliphatic carbocycles. The van der Waals surface area contributed by atoms with Crippen LogP contribution >= 0.6 is 0 Å². The SMILES string of the molecule is CC(C)CCCN1CCOCC1C(=O)O. The van der Waals surface area contributed by atoms with Crippen LogP contribution in [-0.4, -0.2) is 48.3 Å². The van der Waals surface area contributed by atoms with E-state index in [-0.39, 0.29) is 0 Å². The minimum Gasteiger partial charge on any atom is -0.480 e. The Morgan fingerprint density at radius 3 is 2.93 bits per heavy atom. The van der Waals surface area contributed by atoms with Crippen molar-refractivity contribution in [2.75, 3.05) is 26.3 Å². The predicted molar refractivity (Wildman–Crippen MR) is 57.9 cm³/mol. The smallest absolute Gasteiger partial charge is 0.323 e. The molecule has 1 heterocycles. The molecule has 1 aliphatic heterocycles. The van der Waals surface area contributed by atoms with Crippen molar-refractivity contribution in [1.29, 1.82) is 0 Å². The molecule has 0 aromatic carbocycles. The highest BCUT2D eigenvalue weighted by molar-refractivity contribution is 5.73. The van der Waals surface area contributed by atoms with Gasteiger partial charge < -0.3 is 9.84 Å². The molecule has 0 aromatic heterocycles. The Balaban J connectivity index is 2.33. The van der Waals surface area contributed by atoms with Crippen LogP contribution < -0.4 is 0 Å². The summed E-state index contributed by atoms with van der Waals surface area (Å²) in [6.45, 7) is 6.98. The van der Waals surface area contributed by atoms with Crippen LogP contribution in [0.3, 0.4) is 0 Å². The molecule has 0 amide bonds. The summed E-state index contributed by atoms with van der Waals surface area (Å²) in [6, 6.07) is -0.439. The Morgan fingerprint density at radius 1 is 1.60 bits per heavy atom. The first-order valence-electron chi connectivity index (χ1n) is 5.66. The van der Waals surface area contributed by atoms with Gasteiger partial charge in [0.05, 0.1) is 13.2 Å². The van der Waals surface area contributed by atoms with Gasteiger partial charge in [0.15, 0.2) is 0 Å². The normalized spacial score (nSPS) is 23.3. The lowest BCUT2D eigenvalue weighted by Gasteiger charge is -2.32. The van der Waals surface area contributed by atoms with Gasteiger partial charge in [0.2, 0.25) is 0 Å². The lowest BCUT2D eigenvalue weighted by Crippen LogP contribution is -2.50. The van der Waals surface area contributed by atoms with Crippen molar-refractivity contribution in [2.45, 2.75) is 32.7 Å². The minimum atomic E-state index is -0.765. The van der Waals surface area contributed by atoms with Crippen LogP contribution in [-0.2, 0) is 9.53 Å². The maximum absolute atomic E-state index is 10.9. The van der Waals surface area contributed by atoms with Crippen LogP contribution in [0.4, 0.5) is 0 Å². The molecular formula is C11H21NO3. The first kappa shape index (κ1) is 12.5. The number of hydrogen-bond donors (Lipinski definition) is 1. The van der Waals surface area contributed by atoms with E-state index in [1.165, 1.54) is 0 Å². The fraction of sp³-hybridized carbons (Fsp3) is 0.909. The van der Waals surface area contributed by atoms with E-state index in [2.05, 4.69) is 13.8 Å². The van der Waals surface area contributed by atoms with Crippen molar-refractivity contribution in [1.82, 2.24) is 4.90 Å². The largest absolute Gasteiger partial charge is 0.480 e. The summed E-state index contributed by atoms with van der Waals surface area (Å²) in [4.78, 5) is 13.0. The van der Waals surface area contributed by atoms with Crippen LogP contribution in [0.2, 0.25) is 0 Å². The highest BCUT2D eigenvalue weighted by Crippen LogP contribution is 2.11. The molecule has 0 aromatic rings. The number of aliphatic carboxylic acids is 1. The molecule has 88 valence electrons. The van der Waals surface area contributed by atoms with E-state index in [4.69, 9.17) is 9.84 Å². The summed E-state index contributed by atoms with van der Waals surface area (Å²) < 4.78 is 5.18. The highest BCUT2D eigenvalue weighted by atomic mass is 16.5. The van der Waals surface area contributed by atoms with Gasteiger partial charge >= 0.3 is 5.97 Å². The van der Waals surface area contributed by atoms with Crippen LogP contribution in [0.25, 0.3) is 0 Å². The number of morpholine rings is 1. The van der Waals surface area contributed by atoms with E-state index in [9.17, 15) is 4.79 Å². The second kappa shape index (κ2) is 6.08. The van der Waals surface area contributed by atoms with Gasteiger partial charge in [-0.15, -0.1) is 0 Å². The summed E-state index contributed by atoms with van der Waals surface area (Å²) >= 11 is 0. The molecule has 1 fully saturated rings. The van der Waals surface area contributed by atoms with Crippen LogP contribution in [0.15, 0.2) is 0 Å². The van der Waals surface area contributed by atoms with Crippen LogP contribution in [0.1, 0.15) is 26.7 Å². The van der Waals surface area contributed by atoms with E-state index < -0.39 is 12.0 Å². The third kappa shape index (κ3) is 4.18. The standard InChI is InChI=1S/C11H21NO3/c1-9(2)4-3-5-12-6-7-15-8-10(12)11(13)14/h9-10H,3-8H2,1-2H3,(H,13,14). The molecule has 0 saturated carbocycles. The fourth-order valence-electron chi connectivity index (χ4n) is 1.84. The number of rotatable bonds is 5. The first-order chi connectivity index (χ1) is 7.11. The Kier molecular flexibility index (Phi) is 5.05. The summed E-state index contributed by atoms with van der Waals surface area (Å²) in [5, 5.41) is 9.00. The monoisotopic (exact) mass is 215 g/mol. The number of carboxylic acids is 1. The third-order valence-electron chi connectivity index (χ3n) is 2.75.